The van der Waals surface area contributed by atoms with Gasteiger partial charge < -0.3 is 18.4 Å². The lowest BCUT2D eigenvalue weighted by Gasteiger charge is -2.33. The van der Waals surface area contributed by atoms with Gasteiger partial charge in [-0.05, 0) is 38.7 Å². The van der Waals surface area contributed by atoms with E-state index in [2.05, 4.69) is 13.8 Å². The second-order valence-electron chi connectivity index (χ2n) is 6.21. The van der Waals surface area contributed by atoms with E-state index >= 15 is 0 Å². The number of ketones is 1. The van der Waals surface area contributed by atoms with Crippen LogP contribution in [-0.4, -0.2) is 45.6 Å². The zero-order valence-corrected chi connectivity index (χ0v) is 17.6. The molecule has 0 heterocycles. The van der Waals surface area contributed by atoms with Crippen molar-refractivity contribution in [1.29, 1.82) is 0 Å². The molecule has 0 spiro atoms. The predicted molar refractivity (Wildman–Crippen MR) is 104 cm³/mol. The van der Waals surface area contributed by atoms with E-state index in [1.807, 2.05) is 13.8 Å². The molecule has 0 aliphatic heterocycles. The Hall–Kier alpha value is -0.533. The van der Waals surface area contributed by atoms with Crippen molar-refractivity contribution < 1.29 is 23.2 Å². The Kier molecular flexibility index (Phi) is 15.4. The fourth-order valence-electron chi connectivity index (χ4n) is 2.36. The van der Waals surface area contributed by atoms with Crippen LogP contribution in [0.15, 0.2) is 12.2 Å². The van der Waals surface area contributed by atoms with Crippen LogP contribution in [0.4, 0.5) is 0 Å². The van der Waals surface area contributed by atoms with Gasteiger partial charge >= 0.3 is 8.80 Å². The third-order valence-corrected chi connectivity index (χ3v) is 6.70. The van der Waals surface area contributed by atoms with E-state index in [0.717, 1.165) is 32.1 Å². The molecule has 0 saturated carbocycles. The summed E-state index contributed by atoms with van der Waals surface area (Å²) in [5.74, 6) is -0.0385. The van der Waals surface area contributed by atoms with Crippen LogP contribution in [0, 0.1) is 0 Å². The summed E-state index contributed by atoms with van der Waals surface area (Å²) >= 11 is 0. The average molecular weight is 375 g/mol. The third kappa shape index (κ3) is 10.9. The zero-order valence-electron chi connectivity index (χ0n) is 16.6. The highest BCUT2D eigenvalue weighted by atomic mass is 28.4. The fourth-order valence-corrected chi connectivity index (χ4v) is 5.16. The first-order chi connectivity index (χ1) is 12.1. The largest absolute Gasteiger partial charge is 0.501 e. The highest BCUT2D eigenvalue weighted by Gasteiger charge is 2.43. The van der Waals surface area contributed by atoms with Crippen LogP contribution >= 0.6 is 0 Å². The summed E-state index contributed by atoms with van der Waals surface area (Å²) in [4.78, 5) is 12.4. The molecule has 1 unspecified atom stereocenters. The first-order valence-electron chi connectivity index (χ1n) is 9.82. The van der Waals surface area contributed by atoms with Gasteiger partial charge in [0.2, 0.25) is 0 Å². The minimum atomic E-state index is -3.00. The topological polar surface area (TPSA) is 65.0 Å². The standard InChI is InChI=1S/C19H38O5Si/c1-5-9-15-22-25(17-11-14-20,23-16-10-6-2)24-19(13-8-4)18(21)12-7-3/h7,12,19-20H,5-6,8-11,13-17H2,1-4H3. The summed E-state index contributed by atoms with van der Waals surface area (Å²) in [6, 6.07) is 0.542. The molecule has 0 rings (SSSR count). The molecule has 0 aromatic heterocycles. The van der Waals surface area contributed by atoms with Crippen molar-refractivity contribution in [3.05, 3.63) is 12.2 Å². The van der Waals surface area contributed by atoms with Crippen LogP contribution in [0.5, 0.6) is 0 Å². The Morgan fingerprint density at radius 2 is 1.64 bits per heavy atom. The maximum atomic E-state index is 12.4. The number of aliphatic hydroxyl groups is 1. The van der Waals surface area contributed by atoms with Crippen LogP contribution in [0.3, 0.4) is 0 Å². The molecule has 25 heavy (non-hydrogen) atoms. The Morgan fingerprint density at radius 1 is 1.04 bits per heavy atom. The molecule has 0 aliphatic carbocycles. The molecule has 0 aliphatic rings. The maximum absolute atomic E-state index is 12.4. The van der Waals surface area contributed by atoms with Crippen molar-refractivity contribution in [3.8, 4) is 0 Å². The lowest BCUT2D eigenvalue weighted by atomic mass is 10.1. The number of aliphatic hydroxyl groups excluding tert-OH is 1. The molecule has 0 amide bonds. The first kappa shape index (κ1) is 24.5. The quantitative estimate of drug-likeness (QED) is 0.234. The molecule has 0 aromatic rings. The van der Waals surface area contributed by atoms with Gasteiger partial charge in [-0.3, -0.25) is 4.79 Å². The van der Waals surface area contributed by atoms with Crippen LogP contribution in [0.2, 0.25) is 6.04 Å². The van der Waals surface area contributed by atoms with E-state index in [4.69, 9.17) is 13.3 Å². The molecule has 6 heteroatoms. The van der Waals surface area contributed by atoms with Gasteiger partial charge in [-0.2, -0.15) is 0 Å². The number of unbranched alkanes of at least 4 members (excludes halogenated alkanes) is 2. The third-order valence-electron chi connectivity index (χ3n) is 3.80. The maximum Gasteiger partial charge on any atom is 0.501 e. The lowest BCUT2D eigenvalue weighted by molar-refractivity contribution is -0.124. The van der Waals surface area contributed by atoms with Crippen LogP contribution in [-0.2, 0) is 18.1 Å². The van der Waals surface area contributed by atoms with E-state index in [1.165, 1.54) is 0 Å². The van der Waals surface area contributed by atoms with Crippen molar-refractivity contribution in [3.63, 3.8) is 0 Å². The highest BCUT2D eigenvalue weighted by Crippen LogP contribution is 2.23. The summed E-state index contributed by atoms with van der Waals surface area (Å²) in [6.45, 7) is 9.27. The Bertz CT molecular complexity index is 350. The molecule has 0 fully saturated rings. The second kappa shape index (κ2) is 15.7. The van der Waals surface area contributed by atoms with Crippen molar-refractivity contribution in [1.82, 2.24) is 0 Å². The van der Waals surface area contributed by atoms with Gasteiger partial charge in [-0.25, -0.2) is 0 Å². The SMILES string of the molecule is CC=CC(=O)C(CCC)O[Si](CCCO)(OCCCC)OCCCC. The Labute approximate surface area is 155 Å². The van der Waals surface area contributed by atoms with Crippen molar-refractivity contribution in [2.75, 3.05) is 19.8 Å². The molecule has 5 nitrogen and oxygen atoms in total. The van der Waals surface area contributed by atoms with E-state index < -0.39 is 14.9 Å². The molecule has 148 valence electrons. The lowest BCUT2D eigenvalue weighted by Crippen LogP contribution is -2.50. The van der Waals surface area contributed by atoms with Crippen LogP contribution in [0.1, 0.15) is 72.6 Å². The first-order valence-corrected chi connectivity index (χ1v) is 11.7. The van der Waals surface area contributed by atoms with Crippen molar-refractivity contribution >= 4 is 14.6 Å². The van der Waals surface area contributed by atoms with Crippen molar-refractivity contribution in [2.45, 2.75) is 84.8 Å². The smallest absolute Gasteiger partial charge is 0.396 e. The van der Waals surface area contributed by atoms with Gasteiger partial charge in [-0.15, -0.1) is 0 Å². The molecule has 0 aromatic carbocycles. The van der Waals surface area contributed by atoms with Gasteiger partial charge in [0.25, 0.3) is 0 Å². The summed E-state index contributed by atoms with van der Waals surface area (Å²) in [7, 11) is -3.00. The molecule has 0 saturated heterocycles. The second-order valence-corrected chi connectivity index (χ2v) is 8.89. The fraction of sp³-hybridized carbons (Fsp3) is 0.842. The zero-order chi connectivity index (χ0) is 19.0. The van der Waals surface area contributed by atoms with Crippen molar-refractivity contribution in [2.24, 2.45) is 0 Å². The molecular formula is C19H38O5Si. The number of carbonyl (C=O) groups excluding carboxylic acids is 1. The van der Waals surface area contributed by atoms with Crippen LogP contribution < -0.4 is 0 Å². The van der Waals surface area contributed by atoms with E-state index in [0.29, 0.717) is 32.1 Å². The van der Waals surface area contributed by atoms with Gasteiger partial charge in [0, 0.05) is 25.9 Å². The monoisotopic (exact) mass is 374 g/mol. The Morgan fingerprint density at radius 3 is 2.08 bits per heavy atom. The van der Waals surface area contributed by atoms with E-state index in [9.17, 15) is 9.90 Å². The number of carbonyl (C=O) groups is 1. The van der Waals surface area contributed by atoms with Gasteiger partial charge in [-0.1, -0.05) is 46.1 Å². The predicted octanol–water partition coefficient (Wildman–Crippen LogP) is 4.27. The van der Waals surface area contributed by atoms with Crippen LogP contribution in [0.25, 0.3) is 0 Å². The molecule has 0 radical (unpaired) electrons. The molecular weight excluding hydrogens is 336 g/mol. The normalized spacial score (nSPS) is 13.5. The van der Waals surface area contributed by atoms with E-state index in [-0.39, 0.29) is 12.4 Å². The highest BCUT2D eigenvalue weighted by molar-refractivity contribution is 6.61. The molecule has 1 N–H and O–H groups in total. The van der Waals surface area contributed by atoms with E-state index in [1.54, 1.807) is 12.2 Å². The minimum absolute atomic E-state index is 0.0385. The minimum Gasteiger partial charge on any atom is -0.396 e. The van der Waals surface area contributed by atoms with Gasteiger partial charge in [0.1, 0.15) is 6.10 Å². The molecule has 1 atom stereocenters. The van der Waals surface area contributed by atoms with Gasteiger partial charge in [0.15, 0.2) is 5.78 Å². The summed E-state index contributed by atoms with van der Waals surface area (Å²) in [5.41, 5.74) is 0. The average Bonchev–Trinajstić information content (AvgIpc) is 2.60. The number of allylic oxidation sites excluding steroid dienone is 1. The summed E-state index contributed by atoms with van der Waals surface area (Å²) < 4.78 is 18.5. The Balaban J connectivity index is 5.29. The number of rotatable bonds is 17. The van der Waals surface area contributed by atoms with Gasteiger partial charge in [0.05, 0.1) is 0 Å². The summed E-state index contributed by atoms with van der Waals surface area (Å²) in [5, 5.41) is 9.28. The summed E-state index contributed by atoms with van der Waals surface area (Å²) in [6.07, 6.45) is 8.71. The number of hydrogen-bond acceptors (Lipinski definition) is 5. The number of hydrogen-bond donors (Lipinski definition) is 1. The molecule has 0 bridgehead atoms.